The molecule has 0 aliphatic carbocycles. The van der Waals surface area contributed by atoms with Gasteiger partial charge in [0.1, 0.15) is 12.2 Å². The van der Waals surface area contributed by atoms with Crippen molar-refractivity contribution in [3.63, 3.8) is 0 Å². The first-order valence-electron chi connectivity index (χ1n) is 22.3. The number of alkyl carbamates (subject to hydrolysis) is 2. The predicted octanol–water partition coefficient (Wildman–Crippen LogP) is -5.85. The quantitative estimate of drug-likeness (QED) is 0.0211. The SMILES string of the molecule is CC(=O)N[C@H]1[C@H]([C@H](OC(=O)NCCCCNS(=O)(=O)c2cccc(S(=O)(=O)NCCCCNC(=O)O[C@@H]([C@@H]3OC(C(=O)O)=C[C@H](NC(=N)N)[C@H]3NC(C)=O)[C@H](O)CO)c2)[C@H](O)CO)OC(C(=O)O)=C[C@@H]1NC(=N)N. The van der Waals surface area contributed by atoms with E-state index in [9.17, 15) is 76.2 Å². The maximum Gasteiger partial charge on any atom is 0.407 e. The molecular weight excluding hydrogens is 1030 g/mol. The molecule has 10 atom stereocenters. The van der Waals surface area contributed by atoms with Crippen molar-refractivity contribution in [1.29, 1.82) is 10.8 Å². The third-order valence-electron chi connectivity index (χ3n) is 10.5. The number of sulfonamides is 2. The number of carboxylic acid groups (broad SMARTS) is 2. The lowest BCUT2D eigenvalue weighted by Gasteiger charge is -2.41. The number of aliphatic hydroxyl groups excluding tert-OH is 4. The van der Waals surface area contributed by atoms with E-state index >= 15 is 0 Å². The van der Waals surface area contributed by atoms with Crippen molar-refractivity contribution in [1.82, 2.24) is 41.3 Å². The largest absolute Gasteiger partial charge is 0.477 e. The first-order chi connectivity index (χ1) is 34.7. The second-order valence-electron chi connectivity index (χ2n) is 16.2. The van der Waals surface area contributed by atoms with Gasteiger partial charge in [0, 0.05) is 40.0 Å². The van der Waals surface area contributed by atoms with Crippen molar-refractivity contribution < 1.29 is 95.2 Å². The molecule has 3 rings (SSSR count). The van der Waals surface area contributed by atoms with Crippen LogP contribution in [0.1, 0.15) is 39.5 Å². The first kappa shape index (κ1) is 61.2. The molecule has 1 aromatic carbocycles. The van der Waals surface area contributed by atoms with Gasteiger partial charge in [-0.05, 0) is 56.0 Å². The number of hydrogen-bond donors (Lipinski definition) is 18. The van der Waals surface area contributed by atoms with Crippen LogP contribution in [0.3, 0.4) is 0 Å². The molecule has 0 spiro atoms. The number of amides is 4. The monoisotopic (exact) mass is 1090 g/mol. The zero-order chi connectivity index (χ0) is 55.5. The average molecular weight is 1100 g/mol. The molecule has 0 unspecified atom stereocenters. The maximum atomic E-state index is 13.1. The lowest BCUT2D eigenvalue weighted by atomic mass is 9.92. The minimum atomic E-state index is -4.29. The fraction of sp³-hybridized carbons (Fsp3) is 0.550. The highest BCUT2D eigenvalue weighted by molar-refractivity contribution is 7.90. The fourth-order valence-corrected chi connectivity index (χ4v) is 9.53. The van der Waals surface area contributed by atoms with Crippen LogP contribution in [0, 0.1) is 10.8 Å². The van der Waals surface area contributed by atoms with Crippen LogP contribution in [0.4, 0.5) is 9.59 Å². The summed E-state index contributed by atoms with van der Waals surface area (Å²) in [5.74, 6) is -7.20. The van der Waals surface area contributed by atoms with Gasteiger partial charge in [-0.1, -0.05) is 6.07 Å². The number of aliphatic carboxylic acids is 2. The summed E-state index contributed by atoms with van der Waals surface area (Å²) in [7, 11) is -8.57. The molecule has 414 valence electrons. The Morgan fingerprint density at radius 2 is 0.986 bits per heavy atom. The summed E-state index contributed by atoms with van der Waals surface area (Å²) in [6.45, 7) is -0.465. The molecule has 0 fully saturated rings. The Morgan fingerprint density at radius 1 is 0.635 bits per heavy atom. The molecule has 2 heterocycles. The average Bonchev–Trinajstić information content (AvgIpc) is 3.32. The van der Waals surface area contributed by atoms with Crippen molar-refractivity contribution in [2.75, 3.05) is 39.4 Å². The smallest absolute Gasteiger partial charge is 0.407 e. The van der Waals surface area contributed by atoms with Gasteiger partial charge in [-0.3, -0.25) is 20.4 Å². The molecular formula is C40H62N12O20S2. The van der Waals surface area contributed by atoms with Gasteiger partial charge in [0.25, 0.3) is 0 Å². The van der Waals surface area contributed by atoms with Crippen LogP contribution < -0.4 is 52.8 Å². The van der Waals surface area contributed by atoms with Gasteiger partial charge in [-0.25, -0.2) is 45.5 Å². The third kappa shape index (κ3) is 18.8. The number of benzene rings is 1. The third-order valence-corrected chi connectivity index (χ3v) is 13.4. The summed E-state index contributed by atoms with van der Waals surface area (Å²) in [6.07, 6.45) is -10.6. The number of guanidine groups is 2. The van der Waals surface area contributed by atoms with E-state index in [0.717, 1.165) is 44.2 Å². The molecule has 4 amide bonds. The molecule has 0 saturated heterocycles. The summed E-state index contributed by atoms with van der Waals surface area (Å²) in [4.78, 5) is 72.6. The highest BCUT2D eigenvalue weighted by Gasteiger charge is 2.48. The molecule has 34 heteroatoms. The van der Waals surface area contributed by atoms with Crippen LogP contribution in [0.5, 0.6) is 0 Å². The van der Waals surface area contributed by atoms with E-state index in [4.69, 9.17) is 41.2 Å². The highest BCUT2D eigenvalue weighted by Crippen LogP contribution is 2.27. The van der Waals surface area contributed by atoms with Crippen molar-refractivity contribution in [3.8, 4) is 0 Å². The minimum Gasteiger partial charge on any atom is -0.477 e. The molecule has 74 heavy (non-hydrogen) atoms. The standard InChI is InChI=1S/C40H62N12O20S2/c1-19(55)49-29-23(51-37(41)42)15-27(35(59)60)69-33(29)31(25(57)17-53)71-39(63)45-10-3-5-12-47-73(65,66)21-8-7-9-22(14-21)74(67,68)48-13-6-4-11-46-40(64)72-32(26(58)18-54)34-30(50-20(2)56)24(52-38(43)44)16-28(70-34)36(61)62/h7-9,14-16,23-26,29-34,47-48,53-54,57-58H,3-6,10-13,17-18H2,1-2H3,(H,45,63)(H,46,64)(H,49,55)(H,50,56)(H,59,60)(H,61,62)(H4,41,42,51)(H4,43,44,52)/t23-,24-,25+,26+,29+,30+,31+,32+,33+,34+/m0/s1. The van der Waals surface area contributed by atoms with Crippen molar-refractivity contribution in [2.24, 2.45) is 11.5 Å². The van der Waals surface area contributed by atoms with E-state index in [0.29, 0.717) is 0 Å². The zero-order valence-corrected chi connectivity index (χ0v) is 41.3. The number of carbonyl (C=O) groups is 6. The van der Waals surface area contributed by atoms with E-state index in [1.54, 1.807) is 0 Å². The Hall–Kier alpha value is -7.08. The van der Waals surface area contributed by atoms with E-state index in [1.807, 2.05) is 0 Å². The van der Waals surface area contributed by atoms with Crippen LogP contribution >= 0.6 is 0 Å². The van der Waals surface area contributed by atoms with Gasteiger partial charge >= 0.3 is 24.1 Å². The van der Waals surface area contributed by atoms with Gasteiger partial charge in [0.15, 0.2) is 36.3 Å². The summed E-state index contributed by atoms with van der Waals surface area (Å²) >= 11 is 0. The normalized spacial score (nSPS) is 21.2. The summed E-state index contributed by atoms with van der Waals surface area (Å²) in [5, 5.41) is 89.5. The number of ether oxygens (including phenoxy) is 4. The number of unbranched alkanes of at least 4 members (excludes halogenated alkanes) is 2. The number of rotatable bonds is 28. The number of carboxylic acids is 2. The van der Waals surface area contributed by atoms with Crippen LogP contribution in [-0.4, -0.2) is 196 Å². The topological polar surface area (TPSA) is 525 Å². The van der Waals surface area contributed by atoms with Crippen LogP contribution in [0.2, 0.25) is 0 Å². The number of nitrogens with two attached hydrogens (primary N) is 2. The van der Waals surface area contributed by atoms with E-state index < -0.39 is 163 Å². The molecule has 0 aromatic heterocycles. The molecule has 0 saturated carbocycles. The minimum absolute atomic E-state index is 0.112. The van der Waals surface area contributed by atoms with E-state index in [2.05, 4.69) is 41.3 Å². The Morgan fingerprint density at radius 3 is 1.30 bits per heavy atom. The van der Waals surface area contributed by atoms with Gasteiger partial charge in [-0.15, -0.1) is 0 Å². The van der Waals surface area contributed by atoms with Crippen LogP contribution in [-0.2, 0) is 58.2 Å². The van der Waals surface area contributed by atoms with Crippen LogP contribution in [0.15, 0.2) is 57.7 Å². The van der Waals surface area contributed by atoms with Crippen molar-refractivity contribution in [2.45, 2.75) is 110 Å². The molecule has 1 aromatic rings. The first-order valence-corrected chi connectivity index (χ1v) is 25.2. The maximum absolute atomic E-state index is 13.1. The molecule has 32 nitrogen and oxygen atoms in total. The van der Waals surface area contributed by atoms with Crippen molar-refractivity contribution in [3.05, 3.63) is 47.9 Å². The Kier molecular flexibility index (Phi) is 23.5. The Bertz CT molecular complexity index is 2320. The predicted molar refractivity (Wildman–Crippen MR) is 252 cm³/mol. The van der Waals surface area contributed by atoms with Gasteiger partial charge in [-0.2, -0.15) is 0 Å². The molecule has 20 N–H and O–H groups in total. The number of nitrogens with one attached hydrogen (secondary N) is 10. The van der Waals surface area contributed by atoms with E-state index in [-0.39, 0.29) is 51.9 Å². The fourth-order valence-electron chi connectivity index (χ4n) is 7.22. The second kappa shape index (κ2) is 28.4. The molecule has 0 radical (unpaired) electrons. The zero-order valence-electron chi connectivity index (χ0n) is 39.7. The molecule has 0 bridgehead atoms. The van der Waals surface area contributed by atoms with Gasteiger partial charge in [0.05, 0.1) is 47.2 Å². The second-order valence-corrected chi connectivity index (χ2v) is 19.8. The van der Waals surface area contributed by atoms with Crippen molar-refractivity contribution >= 4 is 67.9 Å². The number of carbonyl (C=O) groups excluding carboxylic acids is 4. The summed E-state index contributed by atoms with van der Waals surface area (Å²) in [6, 6.07) is -0.624. The van der Waals surface area contributed by atoms with Crippen LogP contribution in [0.25, 0.3) is 0 Å². The summed E-state index contributed by atoms with van der Waals surface area (Å²) in [5.41, 5.74) is 10.9. The lowest BCUT2D eigenvalue weighted by Crippen LogP contribution is -2.65. The lowest BCUT2D eigenvalue weighted by molar-refractivity contribution is -0.147. The Labute approximate surface area is 423 Å². The number of hydrogen-bond acceptors (Lipinski definition) is 20. The van der Waals surface area contributed by atoms with E-state index in [1.165, 1.54) is 6.07 Å². The molecule has 2 aliphatic heterocycles. The Balaban J connectivity index is 1.51. The molecule has 2 aliphatic rings. The summed E-state index contributed by atoms with van der Waals surface area (Å²) < 4.78 is 78.6. The van der Waals surface area contributed by atoms with Gasteiger partial charge in [0.2, 0.25) is 43.4 Å². The van der Waals surface area contributed by atoms with Gasteiger partial charge < -0.3 is 93.0 Å². The number of aliphatic hydroxyl groups is 4. The highest BCUT2D eigenvalue weighted by atomic mass is 32.2.